The molecule has 0 aromatic carbocycles. The number of fused-ring (bicyclic) bond motifs is 2. The Hall–Kier alpha value is -2.74. The number of nitrogens with zero attached hydrogens (tertiary/aromatic N) is 1. The third-order valence-corrected chi connectivity index (χ3v) is 17.2. The predicted molar refractivity (Wildman–Crippen MR) is 233 cm³/mol. The van der Waals surface area contributed by atoms with Gasteiger partial charge in [0, 0.05) is 35.2 Å². The molecule has 9 unspecified atom stereocenters. The maximum atomic E-state index is 7.18. The minimum absolute atomic E-state index is 0.381. The molecule has 0 N–H and O–H groups in total. The molecule has 0 spiro atoms. The van der Waals surface area contributed by atoms with E-state index in [4.69, 9.17) is 4.74 Å². The average Bonchev–Trinajstić information content (AvgIpc) is 3.68. The van der Waals surface area contributed by atoms with Gasteiger partial charge in [-0.25, -0.2) is 0 Å². The van der Waals surface area contributed by atoms with Gasteiger partial charge in [0.2, 0.25) is 0 Å². The molecule has 10 aliphatic rings. The fourth-order valence-electron chi connectivity index (χ4n) is 14.1. The largest absolute Gasteiger partial charge is 0.493 e. The maximum Gasteiger partial charge on any atom is 0.112 e. The molecule has 0 amide bonds. The monoisotopic (exact) mass is 752 g/mol. The van der Waals surface area contributed by atoms with Gasteiger partial charge in [-0.3, -0.25) is 0 Å². The minimum Gasteiger partial charge on any atom is -0.493 e. The molecule has 1 aliphatic heterocycles. The Balaban J connectivity index is 0.814. The van der Waals surface area contributed by atoms with Crippen LogP contribution in [-0.2, 0) is 4.74 Å². The van der Waals surface area contributed by atoms with Crippen LogP contribution in [0, 0.1) is 53.3 Å². The van der Waals surface area contributed by atoms with Crippen LogP contribution in [0.25, 0.3) is 0 Å². The molecule has 0 aromatic rings. The number of ether oxygens (including phenoxy) is 1. The van der Waals surface area contributed by atoms with Crippen molar-refractivity contribution >= 4 is 0 Å². The first-order chi connectivity index (χ1) is 27.8. The molecule has 9 aliphatic carbocycles. The van der Waals surface area contributed by atoms with Gasteiger partial charge in [-0.1, -0.05) is 117 Å². The summed E-state index contributed by atoms with van der Waals surface area (Å²) in [4.78, 5) is 2.94. The van der Waals surface area contributed by atoms with E-state index in [1.54, 1.807) is 28.1 Å². The Morgan fingerprint density at radius 3 is 2.16 bits per heavy atom. The molecule has 0 radical (unpaired) electrons. The van der Waals surface area contributed by atoms with Crippen LogP contribution in [0.4, 0.5) is 0 Å². The van der Waals surface area contributed by atoms with Crippen LogP contribution < -0.4 is 0 Å². The van der Waals surface area contributed by atoms with Crippen molar-refractivity contribution in [2.75, 3.05) is 0 Å². The molecule has 10 rings (SSSR count). The summed E-state index contributed by atoms with van der Waals surface area (Å²) in [6, 6.07) is 0.634. The number of hydrogen-bond acceptors (Lipinski definition) is 2. The van der Waals surface area contributed by atoms with Crippen LogP contribution in [0.2, 0.25) is 0 Å². The van der Waals surface area contributed by atoms with E-state index in [-0.39, 0.29) is 0 Å². The van der Waals surface area contributed by atoms with Crippen LogP contribution in [0.1, 0.15) is 161 Å². The SMILES string of the molecule is C1=CCC(C2CCCC3=C2OC2C(C4=CCC(C5CC=C(N(C6=CC=C(C7CCCCC7)CC6)C6CC=CC(C7CCCCC7)C6)CC5)C=C4)CCCC32)C=C1. The molecule has 300 valence electrons. The predicted octanol–water partition coefficient (Wildman–Crippen LogP) is 14.6. The van der Waals surface area contributed by atoms with Crippen LogP contribution >= 0.6 is 0 Å². The summed E-state index contributed by atoms with van der Waals surface area (Å²) in [6.45, 7) is 0. The van der Waals surface area contributed by atoms with Crippen molar-refractivity contribution in [1.82, 2.24) is 4.90 Å². The summed E-state index contributed by atoms with van der Waals surface area (Å²) in [7, 11) is 0. The van der Waals surface area contributed by atoms with Gasteiger partial charge < -0.3 is 9.64 Å². The third-order valence-electron chi connectivity index (χ3n) is 17.2. The first kappa shape index (κ1) is 37.5. The quantitative estimate of drug-likeness (QED) is 0.229. The zero-order valence-electron chi connectivity index (χ0n) is 34.8. The lowest BCUT2D eigenvalue weighted by molar-refractivity contribution is 0.0308. The molecule has 2 heteroatoms. The van der Waals surface area contributed by atoms with Gasteiger partial charge in [-0.2, -0.15) is 0 Å². The van der Waals surface area contributed by atoms with E-state index in [0.29, 0.717) is 41.7 Å². The molecule has 0 saturated heterocycles. The smallest absolute Gasteiger partial charge is 0.112 e. The minimum atomic E-state index is 0.381. The van der Waals surface area contributed by atoms with Crippen LogP contribution in [-0.4, -0.2) is 17.0 Å². The summed E-state index contributed by atoms with van der Waals surface area (Å²) in [5, 5.41) is 0. The van der Waals surface area contributed by atoms with Crippen molar-refractivity contribution in [3.8, 4) is 0 Å². The Bertz CT molecular complexity index is 1700. The first-order valence-corrected chi connectivity index (χ1v) is 24.4. The first-order valence-electron chi connectivity index (χ1n) is 24.4. The molecule has 0 bridgehead atoms. The topological polar surface area (TPSA) is 12.5 Å². The number of rotatable bonds is 8. The van der Waals surface area contributed by atoms with Gasteiger partial charge in [0.05, 0.1) is 5.76 Å². The summed E-state index contributed by atoms with van der Waals surface area (Å²) in [6.07, 6.45) is 64.6. The fourth-order valence-corrected chi connectivity index (χ4v) is 14.1. The second-order valence-corrected chi connectivity index (χ2v) is 20.2. The van der Waals surface area contributed by atoms with E-state index in [0.717, 1.165) is 23.7 Å². The summed E-state index contributed by atoms with van der Waals surface area (Å²) < 4.78 is 7.18. The Morgan fingerprint density at radius 2 is 1.39 bits per heavy atom. The molecule has 1 heterocycles. The van der Waals surface area contributed by atoms with E-state index in [1.165, 1.54) is 166 Å². The number of hydrogen-bond donors (Lipinski definition) is 0. The third kappa shape index (κ3) is 7.75. The van der Waals surface area contributed by atoms with Crippen LogP contribution in [0.3, 0.4) is 0 Å². The van der Waals surface area contributed by atoms with E-state index in [1.807, 2.05) is 0 Å². The highest BCUT2D eigenvalue weighted by molar-refractivity contribution is 5.35. The summed E-state index contributed by atoms with van der Waals surface area (Å²) >= 11 is 0. The average molecular weight is 752 g/mol. The van der Waals surface area contributed by atoms with E-state index in [2.05, 4.69) is 77.8 Å². The second kappa shape index (κ2) is 17.2. The van der Waals surface area contributed by atoms with E-state index < -0.39 is 0 Å². The lowest BCUT2D eigenvalue weighted by Crippen LogP contribution is -2.39. The molecule has 3 saturated carbocycles. The molecule has 0 aromatic heterocycles. The second-order valence-electron chi connectivity index (χ2n) is 20.2. The van der Waals surface area contributed by atoms with Gasteiger partial charge in [0.1, 0.15) is 6.10 Å². The van der Waals surface area contributed by atoms with Crippen molar-refractivity contribution < 1.29 is 4.74 Å². The van der Waals surface area contributed by atoms with Crippen molar-refractivity contribution in [3.05, 3.63) is 107 Å². The van der Waals surface area contributed by atoms with Gasteiger partial charge in [-0.15, -0.1) is 0 Å². The Kier molecular flexibility index (Phi) is 11.5. The highest BCUT2D eigenvalue weighted by atomic mass is 16.5. The van der Waals surface area contributed by atoms with E-state index >= 15 is 0 Å². The molecule has 3 fully saturated rings. The Labute approximate surface area is 341 Å². The van der Waals surface area contributed by atoms with Crippen molar-refractivity contribution in [3.63, 3.8) is 0 Å². The van der Waals surface area contributed by atoms with Crippen LogP contribution in [0.15, 0.2) is 107 Å². The van der Waals surface area contributed by atoms with Gasteiger partial charge in [-0.05, 0) is 168 Å². The van der Waals surface area contributed by atoms with Gasteiger partial charge >= 0.3 is 0 Å². The van der Waals surface area contributed by atoms with E-state index in [9.17, 15) is 0 Å². The van der Waals surface area contributed by atoms with Crippen LogP contribution in [0.5, 0.6) is 0 Å². The Morgan fingerprint density at radius 1 is 0.536 bits per heavy atom. The highest BCUT2D eigenvalue weighted by Gasteiger charge is 2.48. The molecule has 56 heavy (non-hydrogen) atoms. The molecule has 2 nitrogen and oxygen atoms in total. The van der Waals surface area contributed by atoms with Crippen molar-refractivity contribution in [2.24, 2.45) is 53.3 Å². The zero-order chi connectivity index (χ0) is 37.3. The lowest BCUT2D eigenvalue weighted by atomic mass is 9.69. The van der Waals surface area contributed by atoms with Crippen molar-refractivity contribution in [2.45, 2.75) is 173 Å². The highest BCUT2D eigenvalue weighted by Crippen LogP contribution is 2.54. The molecule has 9 atom stereocenters. The van der Waals surface area contributed by atoms with Gasteiger partial charge in [0.15, 0.2) is 0 Å². The van der Waals surface area contributed by atoms with Gasteiger partial charge in [0.25, 0.3) is 0 Å². The summed E-state index contributed by atoms with van der Waals surface area (Å²) in [5.74, 6) is 7.91. The summed E-state index contributed by atoms with van der Waals surface area (Å²) in [5.41, 5.74) is 8.41. The molecular formula is C54H73NO. The lowest BCUT2D eigenvalue weighted by Gasteiger charge is -2.44. The normalized spacial score (nSPS) is 37.9. The maximum absolute atomic E-state index is 7.18. The fraction of sp³-hybridized carbons (Fsp3) is 0.667. The number of allylic oxidation sites excluding steroid dienone is 15. The zero-order valence-corrected chi connectivity index (χ0v) is 34.8. The molecular weight excluding hydrogens is 679 g/mol. The van der Waals surface area contributed by atoms with Crippen molar-refractivity contribution in [1.29, 1.82) is 0 Å². The standard InChI is InChI=1S/C54H73NO/c1-4-13-38(14-5-1)41-29-33-46(34-30-41)55(48-20-10-19-45(37-48)39-15-6-2-7-16-39)47-35-31-42(32-36-47)40-25-27-44(28-26-40)50-22-12-24-52-51-23-11-21-49(53(51)56-54(50)52)43-17-8-3-9-18-43/h3,8-10,17,19,25,27-29,33,35,38-40,42-43,45,48-50,52,54H,1-2,4-7,11-16,18,20-24,26,30-32,34,36-37H2.